The summed E-state index contributed by atoms with van der Waals surface area (Å²) >= 11 is 0. The molecule has 3 atom stereocenters. The van der Waals surface area contributed by atoms with Crippen molar-refractivity contribution in [3.8, 4) is 5.75 Å². The van der Waals surface area contributed by atoms with Crippen LogP contribution in [0, 0.1) is 23.2 Å². The number of benzene rings is 1. The first-order valence-electron chi connectivity index (χ1n) is 10.8. The fourth-order valence-corrected chi connectivity index (χ4v) is 5.35. The standard InChI is InChI=1S/C26H28O5/c1-26(2,3)24(29)14-4-7-21(25(30)31)22(13-14)23-19-8-5-17(27)11-15(19)10-16-12-18(28)6-9-20(16)23/h5-6,8-9,11-12,14,21-22,27H,4,7,10,13H2,1-3H3,(H,30,31). The van der Waals surface area contributed by atoms with Gasteiger partial charge in [-0.3, -0.25) is 14.4 Å². The summed E-state index contributed by atoms with van der Waals surface area (Å²) in [6.45, 7) is 5.72. The minimum atomic E-state index is -0.855. The number of hydrogen-bond donors (Lipinski definition) is 2. The van der Waals surface area contributed by atoms with E-state index in [0.29, 0.717) is 25.7 Å². The van der Waals surface area contributed by atoms with Crippen LogP contribution in [0.1, 0.15) is 51.2 Å². The highest BCUT2D eigenvalue weighted by molar-refractivity contribution is 6.04. The monoisotopic (exact) mass is 420 g/mol. The van der Waals surface area contributed by atoms with Gasteiger partial charge >= 0.3 is 5.97 Å². The molecule has 1 saturated carbocycles. The molecule has 3 aliphatic carbocycles. The lowest BCUT2D eigenvalue weighted by Gasteiger charge is -2.40. The van der Waals surface area contributed by atoms with Gasteiger partial charge in [0, 0.05) is 11.3 Å². The maximum atomic E-state index is 13.1. The van der Waals surface area contributed by atoms with E-state index in [-0.39, 0.29) is 29.2 Å². The van der Waals surface area contributed by atoms with Gasteiger partial charge in [0.2, 0.25) is 0 Å². The largest absolute Gasteiger partial charge is 0.508 e. The molecule has 0 spiro atoms. The fourth-order valence-electron chi connectivity index (χ4n) is 5.35. The molecule has 3 aliphatic rings. The molecular formula is C26H28O5. The number of fused-ring (bicyclic) bond motifs is 2. The van der Waals surface area contributed by atoms with Gasteiger partial charge < -0.3 is 10.2 Å². The topological polar surface area (TPSA) is 91.7 Å². The van der Waals surface area contributed by atoms with Crippen molar-refractivity contribution >= 4 is 23.1 Å². The molecule has 0 saturated heterocycles. The molecule has 1 aromatic rings. The number of carboxylic acid groups (broad SMARTS) is 1. The zero-order chi connectivity index (χ0) is 22.5. The minimum absolute atomic E-state index is 0.0964. The second-order valence-electron chi connectivity index (χ2n) is 9.93. The molecule has 0 bridgehead atoms. The smallest absolute Gasteiger partial charge is 0.307 e. The summed E-state index contributed by atoms with van der Waals surface area (Å²) < 4.78 is 0. The normalized spacial score (nSPS) is 25.6. The van der Waals surface area contributed by atoms with Gasteiger partial charge in [0.15, 0.2) is 5.78 Å². The van der Waals surface area contributed by atoms with Gasteiger partial charge in [-0.2, -0.15) is 0 Å². The van der Waals surface area contributed by atoms with Crippen molar-refractivity contribution in [1.29, 1.82) is 0 Å². The highest BCUT2D eigenvalue weighted by atomic mass is 16.4. The molecule has 5 heteroatoms. The van der Waals surface area contributed by atoms with Gasteiger partial charge in [0.25, 0.3) is 0 Å². The highest BCUT2D eigenvalue weighted by Crippen LogP contribution is 2.49. The number of hydrogen-bond acceptors (Lipinski definition) is 4. The number of aliphatic carboxylic acids is 1. The highest BCUT2D eigenvalue weighted by Gasteiger charge is 2.43. The van der Waals surface area contributed by atoms with Crippen LogP contribution in [0.25, 0.3) is 5.57 Å². The summed E-state index contributed by atoms with van der Waals surface area (Å²) in [5.41, 5.74) is 3.91. The number of phenolic OH excluding ortho intramolecular Hbond substituents is 1. The van der Waals surface area contributed by atoms with Gasteiger partial charge in [0.05, 0.1) is 5.92 Å². The third kappa shape index (κ3) is 3.89. The van der Waals surface area contributed by atoms with E-state index < -0.39 is 17.3 Å². The van der Waals surface area contributed by atoms with E-state index in [9.17, 15) is 24.6 Å². The Morgan fingerprint density at radius 3 is 2.52 bits per heavy atom. The molecule has 31 heavy (non-hydrogen) atoms. The van der Waals surface area contributed by atoms with Crippen molar-refractivity contribution in [2.24, 2.45) is 23.2 Å². The number of aromatic hydroxyl groups is 1. The van der Waals surface area contributed by atoms with E-state index in [1.165, 1.54) is 6.08 Å². The summed E-state index contributed by atoms with van der Waals surface area (Å²) in [7, 11) is 0. The van der Waals surface area contributed by atoms with Gasteiger partial charge in [-0.15, -0.1) is 0 Å². The van der Waals surface area contributed by atoms with Crippen molar-refractivity contribution in [2.75, 3.05) is 0 Å². The van der Waals surface area contributed by atoms with E-state index in [0.717, 1.165) is 27.8 Å². The van der Waals surface area contributed by atoms with E-state index in [1.54, 1.807) is 24.3 Å². The lowest BCUT2D eigenvalue weighted by Crippen LogP contribution is -2.38. The number of allylic oxidation sites excluding steroid dienone is 6. The molecule has 0 heterocycles. The molecule has 2 N–H and O–H groups in total. The molecule has 0 aliphatic heterocycles. The Morgan fingerprint density at radius 2 is 1.84 bits per heavy atom. The Kier molecular flexibility index (Phi) is 5.24. The van der Waals surface area contributed by atoms with Crippen LogP contribution in [-0.4, -0.2) is 27.7 Å². The molecule has 3 unspecified atom stereocenters. The van der Waals surface area contributed by atoms with Crippen LogP contribution in [0.5, 0.6) is 5.75 Å². The van der Waals surface area contributed by atoms with Crippen molar-refractivity contribution < 1.29 is 24.6 Å². The quantitative estimate of drug-likeness (QED) is 0.751. The predicted octanol–water partition coefficient (Wildman–Crippen LogP) is 4.50. The summed E-state index contributed by atoms with van der Waals surface area (Å²) in [6.07, 6.45) is 6.90. The van der Waals surface area contributed by atoms with Crippen LogP contribution in [0.3, 0.4) is 0 Å². The first-order chi connectivity index (χ1) is 14.6. The molecule has 0 radical (unpaired) electrons. The second-order valence-corrected chi connectivity index (χ2v) is 9.93. The van der Waals surface area contributed by atoms with Crippen molar-refractivity contribution in [3.63, 3.8) is 0 Å². The molecule has 0 aromatic heterocycles. The number of carbonyl (C=O) groups excluding carboxylic acids is 2. The Hall–Kier alpha value is -2.95. The molecule has 162 valence electrons. The number of carboxylic acids is 1. The van der Waals surface area contributed by atoms with Crippen LogP contribution in [0.15, 0.2) is 47.6 Å². The van der Waals surface area contributed by atoms with Gasteiger partial charge in [0.1, 0.15) is 11.5 Å². The van der Waals surface area contributed by atoms with Crippen molar-refractivity contribution in [3.05, 3.63) is 58.7 Å². The van der Waals surface area contributed by atoms with Crippen LogP contribution in [0.2, 0.25) is 0 Å². The average Bonchev–Trinajstić information content (AvgIpc) is 2.70. The minimum Gasteiger partial charge on any atom is -0.508 e. The SMILES string of the molecule is CC(C)(C)C(=O)C1CCC(C(=O)O)C(C2=C3C=CC(=O)C=C3Cc3cc(O)ccc32)C1. The lowest BCUT2D eigenvalue weighted by atomic mass is 9.63. The summed E-state index contributed by atoms with van der Waals surface area (Å²) in [5.74, 6) is -1.79. The molecule has 1 aromatic carbocycles. The van der Waals surface area contributed by atoms with Crippen LogP contribution in [-0.2, 0) is 20.8 Å². The molecule has 0 amide bonds. The Labute approximate surface area is 182 Å². The maximum absolute atomic E-state index is 13.1. The zero-order valence-electron chi connectivity index (χ0n) is 18.1. The van der Waals surface area contributed by atoms with E-state index in [4.69, 9.17) is 0 Å². The van der Waals surface area contributed by atoms with E-state index in [2.05, 4.69) is 0 Å². The summed E-state index contributed by atoms with van der Waals surface area (Å²) in [4.78, 5) is 37.3. The first-order valence-corrected chi connectivity index (χ1v) is 10.8. The molecule has 5 nitrogen and oxygen atoms in total. The number of Topliss-reactive ketones (excluding diaryl/α,β-unsaturated/α-hetero) is 1. The second kappa shape index (κ2) is 7.63. The van der Waals surface area contributed by atoms with E-state index >= 15 is 0 Å². The summed E-state index contributed by atoms with van der Waals surface area (Å²) in [5, 5.41) is 20.0. The zero-order valence-corrected chi connectivity index (χ0v) is 18.1. The van der Waals surface area contributed by atoms with Crippen molar-refractivity contribution in [2.45, 2.75) is 46.5 Å². The number of ketones is 2. The van der Waals surface area contributed by atoms with Crippen LogP contribution < -0.4 is 0 Å². The van der Waals surface area contributed by atoms with Crippen molar-refractivity contribution in [1.82, 2.24) is 0 Å². The third-order valence-electron chi connectivity index (χ3n) is 6.78. The number of carbonyl (C=O) groups is 3. The maximum Gasteiger partial charge on any atom is 0.307 e. The Bertz CT molecular complexity index is 1060. The third-order valence-corrected chi connectivity index (χ3v) is 6.78. The summed E-state index contributed by atoms with van der Waals surface area (Å²) in [6, 6.07) is 5.14. The fraction of sp³-hybridized carbons (Fsp3) is 0.423. The number of phenols is 1. The molecule has 1 fully saturated rings. The Morgan fingerprint density at radius 1 is 1.10 bits per heavy atom. The first kappa shape index (κ1) is 21.3. The van der Waals surface area contributed by atoms with Gasteiger partial charge in [-0.05, 0) is 83.7 Å². The van der Waals surface area contributed by atoms with Gasteiger partial charge in [-0.25, -0.2) is 0 Å². The van der Waals surface area contributed by atoms with Gasteiger partial charge in [-0.1, -0.05) is 32.9 Å². The van der Waals surface area contributed by atoms with Crippen LogP contribution in [0.4, 0.5) is 0 Å². The number of rotatable bonds is 3. The average molecular weight is 421 g/mol. The predicted molar refractivity (Wildman–Crippen MR) is 117 cm³/mol. The van der Waals surface area contributed by atoms with E-state index in [1.807, 2.05) is 26.8 Å². The Balaban J connectivity index is 1.87. The molecular weight excluding hydrogens is 392 g/mol. The molecule has 4 rings (SSSR count). The van der Waals surface area contributed by atoms with Crippen LogP contribution >= 0.6 is 0 Å². The lowest BCUT2D eigenvalue weighted by molar-refractivity contribution is -0.146.